The highest BCUT2D eigenvalue weighted by molar-refractivity contribution is 7.99. The number of ketones is 1. The number of pyridine rings is 1. The molecule has 2 heterocycles. The molecule has 0 aliphatic heterocycles. The Labute approximate surface area is 166 Å². The van der Waals surface area contributed by atoms with Crippen molar-refractivity contribution in [1.29, 1.82) is 0 Å². The van der Waals surface area contributed by atoms with Crippen LogP contribution in [0.25, 0.3) is 11.4 Å². The molecule has 6 nitrogen and oxygen atoms in total. The minimum Gasteiger partial charge on any atom is -0.495 e. The zero-order valence-electron chi connectivity index (χ0n) is 14.6. The standard InChI is InChI=1S/C19H17ClN4O2S/c1-3-10-24-18(13-6-8-21-9-7-13)22-23-19(24)27-12-16(25)14-4-5-17(26-2)15(20)11-14/h3-9,11H,1,10,12H2,2H3. The molecule has 3 rings (SSSR count). The summed E-state index contributed by atoms with van der Waals surface area (Å²) in [6, 6.07) is 8.72. The van der Waals surface area contributed by atoms with Crippen molar-refractivity contribution < 1.29 is 9.53 Å². The molecular formula is C19H17ClN4O2S. The molecule has 0 amide bonds. The minimum atomic E-state index is -0.0526. The summed E-state index contributed by atoms with van der Waals surface area (Å²) >= 11 is 7.43. The number of hydrogen-bond acceptors (Lipinski definition) is 6. The molecule has 0 atom stereocenters. The van der Waals surface area contributed by atoms with E-state index in [2.05, 4.69) is 21.8 Å². The van der Waals surface area contributed by atoms with Crippen LogP contribution < -0.4 is 4.74 Å². The molecule has 0 saturated heterocycles. The van der Waals surface area contributed by atoms with E-state index >= 15 is 0 Å². The van der Waals surface area contributed by atoms with E-state index in [9.17, 15) is 4.79 Å². The van der Waals surface area contributed by atoms with Crippen molar-refractivity contribution in [3.05, 3.63) is 66.0 Å². The quantitative estimate of drug-likeness (QED) is 0.321. The second-order valence-corrected chi connectivity index (χ2v) is 6.85. The number of nitrogens with zero attached hydrogens (tertiary/aromatic N) is 4. The molecule has 1 aromatic carbocycles. The van der Waals surface area contributed by atoms with E-state index in [0.29, 0.717) is 33.9 Å². The fourth-order valence-electron chi connectivity index (χ4n) is 2.46. The van der Waals surface area contributed by atoms with Gasteiger partial charge in [0.05, 0.1) is 17.9 Å². The van der Waals surface area contributed by atoms with Gasteiger partial charge in [0.15, 0.2) is 16.8 Å². The minimum absolute atomic E-state index is 0.0526. The van der Waals surface area contributed by atoms with Gasteiger partial charge < -0.3 is 4.74 Å². The summed E-state index contributed by atoms with van der Waals surface area (Å²) in [7, 11) is 1.53. The highest BCUT2D eigenvalue weighted by Crippen LogP contribution is 2.27. The highest BCUT2D eigenvalue weighted by atomic mass is 35.5. The third kappa shape index (κ3) is 4.37. The van der Waals surface area contributed by atoms with E-state index < -0.39 is 0 Å². The third-order valence-electron chi connectivity index (χ3n) is 3.77. The number of allylic oxidation sites excluding steroid dienone is 1. The SMILES string of the molecule is C=CCn1c(SCC(=O)c2ccc(OC)c(Cl)c2)nnc1-c1ccncc1. The fourth-order valence-corrected chi connectivity index (χ4v) is 3.56. The summed E-state index contributed by atoms with van der Waals surface area (Å²) in [5.74, 6) is 1.41. The zero-order chi connectivity index (χ0) is 19.2. The van der Waals surface area contributed by atoms with Crippen molar-refractivity contribution in [2.75, 3.05) is 12.9 Å². The maximum absolute atomic E-state index is 12.5. The van der Waals surface area contributed by atoms with E-state index in [-0.39, 0.29) is 11.5 Å². The number of methoxy groups -OCH3 is 1. The fraction of sp³-hybridized carbons (Fsp3) is 0.158. The van der Waals surface area contributed by atoms with Gasteiger partial charge in [-0.3, -0.25) is 14.3 Å². The van der Waals surface area contributed by atoms with Crippen molar-refractivity contribution in [2.45, 2.75) is 11.7 Å². The average Bonchev–Trinajstić information content (AvgIpc) is 3.09. The molecule has 3 aromatic rings. The van der Waals surface area contributed by atoms with Crippen LogP contribution in [0.2, 0.25) is 5.02 Å². The molecule has 8 heteroatoms. The molecule has 0 fully saturated rings. The van der Waals surface area contributed by atoms with Crippen LogP contribution in [-0.4, -0.2) is 38.4 Å². The molecule has 138 valence electrons. The lowest BCUT2D eigenvalue weighted by atomic mass is 10.1. The molecule has 27 heavy (non-hydrogen) atoms. The number of benzene rings is 1. The predicted molar refractivity (Wildman–Crippen MR) is 107 cm³/mol. The Morgan fingerprint density at radius 2 is 2.07 bits per heavy atom. The van der Waals surface area contributed by atoms with E-state index in [1.807, 2.05) is 16.7 Å². The Kier molecular flexibility index (Phi) is 6.26. The molecule has 2 aromatic heterocycles. The van der Waals surface area contributed by atoms with Gasteiger partial charge in [-0.25, -0.2) is 0 Å². The first-order valence-electron chi connectivity index (χ1n) is 8.08. The summed E-state index contributed by atoms with van der Waals surface area (Å²) in [4.78, 5) is 16.5. The second-order valence-electron chi connectivity index (χ2n) is 5.50. The Morgan fingerprint density at radius 3 is 2.74 bits per heavy atom. The van der Waals surface area contributed by atoms with Crippen LogP contribution in [0.3, 0.4) is 0 Å². The normalized spacial score (nSPS) is 10.6. The first kappa shape index (κ1) is 19.1. The molecule has 0 spiro atoms. The summed E-state index contributed by atoms with van der Waals surface area (Å²) in [5.41, 5.74) is 1.43. The van der Waals surface area contributed by atoms with E-state index in [4.69, 9.17) is 16.3 Å². The lowest BCUT2D eigenvalue weighted by Crippen LogP contribution is -2.05. The van der Waals surface area contributed by atoms with Gasteiger partial charge in [0.2, 0.25) is 0 Å². The van der Waals surface area contributed by atoms with E-state index in [1.165, 1.54) is 18.9 Å². The molecule has 0 aliphatic rings. The number of carbonyl (C=O) groups is 1. The van der Waals surface area contributed by atoms with Crippen molar-refractivity contribution in [3.63, 3.8) is 0 Å². The Morgan fingerprint density at radius 1 is 1.30 bits per heavy atom. The highest BCUT2D eigenvalue weighted by Gasteiger charge is 2.16. The number of aromatic nitrogens is 4. The number of rotatable bonds is 8. The largest absolute Gasteiger partial charge is 0.495 e. The first-order valence-corrected chi connectivity index (χ1v) is 9.44. The van der Waals surface area contributed by atoms with Crippen LogP contribution >= 0.6 is 23.4 Å². The molecule has 0 aliphatic carbocycles. The van der Waals surface area contributed by atoms with Gasteiger partial charge in [-0.1, -0.05) is 29.4 Å². The van der Waals surface area contributed by atoms with Crippen molar-refractivity contribution in [2.24, 2.45) is 0 Å². The summed E-state index contributed by atoms with van der Waals surface area (Å²) in [6.07, 6.45) is 5.17. The molecule has 0 N–H and O–H groups in total. The van der Waals surface area contributed by atoms with E-state index in [1.54, 1.807) is 36.7 Å². The van der Waals surface area contributed by atoms with Gasteiger partial charge in [-0.15, -0.1) is 16.8 Å². The average molecular weight is 401 g/mol. The van der Waals surface area contributed by atoms with Crippen LogP contribution in [0.4, 0.5) is 0 Å². The number of hydrogen-bond donors (Lipinski definition) is 0. The van der Waals surface area contributed by atoms with Gasteiger partial charge in [-0.05, 0) is 30.3 Å². The number of halogens is 1. The maximum atomic E-state index is 12.5. The number of thioether (sulfide) groups is 1. The summed E-state index contributed by atoms with van der Waals surface area (Å²) in [5, 5.41) is 9.54. The lowest BCUT2D eigenvalue weighted by molar-refractivity contribution is 0.102. The molecule has 0 bridgehead atoms. The molecule has 0 saturated carbocycles. The third-order valence-corrected chi connectivity index (χ3v) is 5.04. The molecule has 0 unspecified atom stereocenters. The number of ether oxygens (including phenoxy) is 1. The summed E-state index contributed by atoms with van der Waals surface area (Å²) < 4.78 is 7.03. The zero-order valence-corrected chi connectivity index (χ0v) is 16.2. The lowest BCUT2D eigenvalue weighted by Gasteiger charge is -2.08. The van der Waals surface area contributed by atoms with Gasteiger partial charge in [0.1, 0.15) is 5.75 Å². The maximum Gasteiger partial charge on any atom is 0.192 e. The molecule has 0 radical (unpaired) electrons. The topological polar surface area (TPSA) is 69.9 Å². The van der Waals surface area contributed by atoms with Crippen molar-refractivity contribution in [3.8, 4) is 17.1 Å². The van der Waals surface area contributed by atoms with Crippen LogP contribution in [0.5, 0.6) is 5.75 Å². The number of carbonyl (C=O) groups excluding carboxylic acids is 1. The van der Waals surface area contributed by atoms with Crippen LogP contribution in [0.15, 0.2) is 60.5 Å². The Bertz CT molecular complexity index is 960. The van der Waals surface area contributed by atoms with Gasteiger partial charge in [-0.2, -0.15) is 0 Å². The van der Waals surface area contributed by atoms with Crippen molar-refractivity contribution >= 4 is 29.1 Å². The first-order chi connectivity index (χ1) is 13.1. The van der Waals surface area contributed by atoms with E-state index in [0.717, 1.165) is 5.56 Å². The predicted octanol–water partition coefficient (Wildman–Crippen LogP) is 4.16. The van der Waals surface area contributed by atoms with Crippen LogP contribution in [0.1, 0.15) is 10.4 Å². The van der Waals surface area contributed by atoms with Crippen LogP contribution in [-0.2, 0) is 6.54 Å². The molecular weight excluding hydrogens is 384 g/mol. The van der Waals surface area contributed by atoms with Crippen LogP contribution in [0, 0.1) is 0 Å². The van der Waals surface area contributed by atoms with Gasteiger partial charge in [0, 0.05) is 30.1 Å². The Hall–Kier alpha value is -2.64. The van der Waals surface area contributed by atoms with Crippen molar-refractivity contribution in [1.82, 2.24) is 19.7 Å². The summed E-state index contributed by atoms with van der Waals surface area (Å²) in [6.45, 7) is 4.33. The van der Waals surface area contributed by atoms with Gasteiger partial charge in [0.25, 0.3) is 0 Å². The monoisotopic (exact) mass is 400 g/mol. The number of Topliss-reactive ketones (excluding diaryl/α,β-unsaturated/α-hetero) is 1. The second kappa shape index (κ2) is 8.83. The Balaban J connectivity index is 1.78. The smallest absolute Gasteiger partial charge is 0.192 e. The van der Waals surface area contributed by atoms with Gasteiger partial charge >= 0.3 is 0 Å².